The van der Waals surface area contributed by atoms with Crippen LogP contribution in [-0.4, -0.2) is 9.97 Å². The van der Waals surface area contributed by atoms with Crippen LogP contribution in [0.3, 0.4) is 0 Å². The summed E-state index contributed by atoms with van der Waals surface area (Å²) in [6, 6.07) is 9.07. The van der Waals surface area contributed by atoms with Gasteiger partial charge in [0.25, 0.3) is 0 Å². The Morgan fingerprint density at radius 3 is 2.83 bits per heavy atom. The van der Waals surface area contributed by atoms with E-state index < -0.39 is 0 Å². The molecule has 1 aromatic carbocycles. The molecule has 0 unspecified atom stereocenters. The van der Waals surface area contributed by atoms with Crippen LogP contribution in [0.5, 0.6) is 0 Å². The number of halogens is 1. The van der Waals surface area contributed by atoms with E-state index in [4.69, 9.17) is 21.8 Å². The SMILES string of the molecule is Cc1ccc2oc(-c3cccc(Cl)c3N)nc2n1. The second-order valence-corrected chi connectivity index (χ2v) is 4.40. The minimum Gasteiger partial charge on any atom is -0.434 e. The maximum Gasteiger partial charge on any atom is 0.231 e. The Morgan fingerprint density at radius 1 is 1.17 bits per heavy atom. The van der Waals surface area contributed by atoms with Gasteiger partial charge in [0.1, 0.15) is 0 Å². The molecule has 3 rings (SSSR count). The van der Waals surface area contributed by atoms with Crippen LogP contribution in [-0.2, 0) is 0 Å². The second kappa shape index (κ2) is 3.99. The Balaban J connectivity index is 2.22. The summed E-state index contributed by atoms with van der Waals surface area (Å²) in [5, 5.41) is 0.485. The number of anilines is 1. The molecule has 2 aromatic heterocycles. The minimum atomic E-state index is 0.433. The highest BCUT2D eigenvalue weighted by Crippen LogP contribution is 2.32. The highest BCUT2D eigenvalue weighted by molar-refractivity contribution is 6.33. The number of nitrogens with zero attached hydrogens (tertiary/aromatic N) is 2. The van der Waals surface area contributed by atoms with Crippen LogP contribution in [0.25, 0.3) is 22.7 Å². The van der Waals surface area contributed by atoms with Crippen molar-refractivity contribution >= 4 is 28.5 Å². The summed E-state index contributed by atoms with van der Waals surface area (Å²) in [7, 11) is 0. The lowest BCUT2D eigenvalue weighted by molar-refractivity contribution is 0.620. The lowest BCUT2D eigenvalue weighted by atomic mass is 10.2. The highest BCUT2D eigenvalue weighted by atomic mass is 35.5. The van der Waals surface area contributed by atoms with Crippen LogP contribution in [0.1, 0.15) is 5.69 Å². The van der Waals surface area contributed by atoms with Crippen LogP contribution in [0, 0.1) is 6.92 Å². The molecule has 2 N–H and O–H groups in total. The lowest BCUT2D eigenvalue weighted by Gasteiger charge is -2.02. The van der Waals surface area contributed by atoms with Crippen molar-refractivity contribution in [3.63, 3.8) is 0 Å². The third-order valence-electron chi connectivity index (χ3n) is 2.68. The Bertz CT molecular complexity index is 736. The molecule has 0 bridgehead atoms. The number of nitrogen functional groups attached to an aromatic ring is 1. The number of aryl methyl sites for hydroxylation is 1. The Hall–Kier alpha value is -2.07. The number of oxazole rings is 1. The molecule has 0 radical (unpaired) electrons. The van der Waals surface area contributed by atoms with Gasteiger partial charge in [-0.1, -0.05) is 17.7 Å². The van der Waals surface area contributed by atoms with Crippen LogP contribution < -0.4 is 5.73 Å². The zero-order valence-electron chi connectivity index (χ0n) is 9.64. The number of hydrogen-bond donors (Lipinski definition) is 1. The predicted octanol–water partition coefficient (Wildman–Crippen LogP) is 3.43. The fraction of sp³-hybridized carbons (Fsp3) is 0.0769. The molecule has 0 aliphatic rings. The number of nitrogens with two attached hydrogens (primary N) is 1. The first-order chi connectivity index (χ1) is 8.65. The van der Waals surface area contributed by atoms with E-state index in [1.165, 1.54) is 0 Å². The maximum atomic E-state index is 5.98. The summed E-state index contributed by atoms with van der Waals surface area (Å²) in [6.07, 6.45) is 0. The van der Waals surface area contributed by atoms with Crippen molar-refractivity contribution in [3.8, 4) is 11.5 Å². The van der Waals surface area contributed by atoms with Crippen molar-refractivity contribution in [1.29, 1.82) is 0 Å². The smallest absolute Gasteiger partial charge is 0.231 e. The van der Waals surface area contributed by atoms with Crippen LogP contribution in [0.15, 0.2) is 34.7 Å². The van der Waals surface area contributed by atoms with Gasteiger partial charge in [0.2, 0.25) is 5.89 Å². The van der Waals surface area contributed by atoms with Gasteiger partial charge in [0.05, 0.1) is 16.3 Å². The predicted molar refractivity (Wildman–Crippen MR) is 71.4 cm³/mol. The molecule has 90 valence electrons. The average Bonchev–Trinajstić information content (AvgIpc) is 2.75. The first-order valence-corrected chi connectivity index (χ1v) is 5.81. The molecule has 2 heterocycles. The van der Waals surface area contributed by atoms with Gasteiger partial charge in [0.15, 0.2) is 11.2 Å². The number of hydrogen-bond acceptors (Lipinski definition) is 4. The lowest BCUT2D eigenvalue weighted by Crippen LogP contribution is -1.91. The molecular formula is C13H10ClN3O. The Labute approximate surface area is 108 Å². The molecule has 5 heteroatoms. The summed E-state index contributed by atoms with van der Waals surface area (Å²) in [4.78, 5) is 8.62. The van der Waals surface area contributed by atoms with Gasteiger partial charge in [-0.15, -0.1) is 0 Å². The minimum absolute atomic E-state index is 0.433. The average molecular weight is 260 g/mol. The van der Waals surface area contributed by atoms with E-state index in [0.29, 0.717) is 33.4 Å². The molecule has 0 fully saturated rings. The number of benzene rings is 1. The molecule has 0 atom stereocenters. The summed E-state index contributed by atoms with van der Waals surface area (Å²) in [6.45, 7) is 1.90. The molecule has 3 aromatic rings. The van der Waals surface area contributed by atoms with E-state index in [-0.39, 0.29) is 0 Å². The van der Waals surface area contributed by atoms with Crippen molar-refractivity contribution in [1.82, 2.24) is 9.97 Å². The van der Waals surface area contributed by atoms with E-state index in [9.17, 15) is 0 Å². The zero-order chi connectivity index (χ0) is 12.7. The monoisotopic (exact) mass is 259 g/mol. The molecule has 4 nitrogen and oxygen atoms in total. The van der Waals surface area contributed by atoms with Crippen molar-refractivity contribution in [2.24, 2.45) is 0 Å². The van der Waals surface area contributed by atoms with Gasteiger partial charge < -0.3 is 10.2 Å². The molecule has 0 saturated heterocycles. The zero-order valence-corrected chi connectivity index (χ0v) is 10.4. The van der Waals surface area contributed by atoms with Gasteiger partial charge in [-0.2, -0.15) is 4.98 Å². The van der Waals surface area contributed by atoms with Crippen molar-refractivity contribution in [2.75, 3.05) is 5.73 Å². The fourth-order valence-electron chi connectivity index (χ4n) is 1.75. The van der Waals surface area contributed by atoms with Crippen LogP contribution in [0.4, 0.5) is 5.69 Å². The highest BCUT2D eigenvalue weighted by Gasteiger charge is 2.13. The summed E-state index contributed by atoms with van der Waals surface area (Å²) in [5.41, 5.74) is 9.15. The molecular weight excluding hydrogens is 250 g/mol. The summed E-state index contributed by atoms with van der Waals surface area (Å²) in [5.74, 6) is 0.433. The van der Waals surface area contributed by atoms with Gasteiger partial charge in [-0.3, -0.25) is 0 Å². The van der Waals surface area contributed by atoms with E-state index in [1.807, 2.05) is 31.2 Å². The normalized spacial score (nSPS) is 11.0. The van der Waals surface area contributed by atoms with E-state index in [1.54, 1.807) is 6.07 Å². The van der Waals surface area contributed by atoms with E-state index in [2.05, 4.69) is 9.97 Å². The van der Waals surface area contributed by atoms with E-state index in [0.717, 1.165) is 5.69 Å². The third-order valence-corrected chi connectivity index (χ3v) is 3.01. The standard InChI is InChI=1S/C13H10ClN3O/c1-7-5-6-10-12(16-7)17-13(18-10)8-3-2-4-9(14)11(8)15/h2-6H,15H2,1H3. The van der Waals surface area contributed by atoms with Crippen molar-refractivity contribution < 1.29 is 4.42 Å². The number of rotatable bonds is 1. The molecule has 0 aliphatic carbocycles. The van der Waals surface area contributed by atoms with E-state index >= 15 is 0 Å². The summed E-state index contributed by atoms with van der Waals surface area (Å²) >= 11 is 5.98. The first-order valence-electron chi connectivity index (χ1n) is 5.44. The second-order valence-electron chi connectivity index (χ2n) is 3.99. The largest absolute Gasteiger partial charge is 0.434 e. The number of aromatic nitrogens is 2. The Morgan fingerprint density at radius 2 is 2.00 bits per heavy atom. The quantitative estimate of drug-likeness (QED) is 0.680. The van der Waals surface area contributed by atoms with Gasteiger partial charge in [-0.05, 0) is 31.2 Å². The summed E-state index contributed by atoms with van der Waals surface area (Å²) < 4.78 is 5.63. The number of fused-ring (bicyclic) bond motifs is 1. The first kappa shape index (κ1) is 11.0. The molecule has 0 saturated carbocycles. The van der Waals surface area contributed by atoms with Gasteiger partial charge in [0, 0.05) is 5.69 Å². The fourth-order valence-corrected chi connectivity index (χ4v) is 1.93. The molecule has 0 aliphatic heterocycles. The van der Waals surface area contributed by atoms with Gasteiger partial charge >= 0.3 is 0 Å². The third kappa shape index (κ3) is 1.71. The molecule has 18 heavy (non-hydrogen) atoms. The van der Waals surface area contributed by atoms with Crippen LogP contribution in [0.2, 0.25) is 5.02 Å². The van der Waals surface area contributed by atoms with Crippen molar-refractivity contribution in [2.45, 2.75) is 6.92 Å². The van der Waals surface area contributed by atoms with Crippen molar-refractivity contribution in [3.05, 3.63) is 41.0 Å². The maximum absolute atomic E-state index is 5.98. The van der Waals surface area contributed by atoms with Crippen LogP contribution >= 0.6 is 11.6 Å². The number of pyridine rings is 1. The van der Waals surface area contributed by atoms with Gasteiger partial charge in [-0.25, -0.2) is 4.98 Å². The Kier molecular flexibility index (Phi) is 2.45. The number of para-hydroxylation sites is 1. The topological polar surface area (TPSA) is 64.9 Å². The molecule has 0 amide bonds. The molecule has 0 spiro atoms.